The molecule has 4 aliphatic carbocycles. The molecule has 0 heterocycles. The van der Waals surface area contributed by atoms with Crippen LogP contribution in [0.5, 0.6) is 5.75 Å². The van der Waals surface area contributed by atoms with Crippen molar-refractivity contribution in [3.8, 4) is 5.75 Å². The second-order valence-corrected chi connectivity index (χ2v) is 14.0. The average molecular weight is 541 g/mol. The van der Waals surface area contributed by atoms with Crippen molar-refractivity contribution in [1.29, 1.82) is 0 Å². The van der Waals surface area contributed by atoms with Crippen LogP contribution in [0.4, 0.5) is 8.78 Å². The maximum Gasteiger partial charge on any atom is 0.200 e. The number of ether oxygens (including phenoxy) is 1. The number of hydrogen-bond acceptors (Lipinski definition) is 1. The molecular weight excluding hydrogens is 486 g/mol. The van der Waals surface area contributed by atoms with E-state index in [1.807, 2.05) is 0 Å². The standard InChI is InChI=1S/C36H54F2O/c1-3-5-7-30-20-21-34(36(38)35(30)37)39-24-26-10-13-33-23-32(19-18-31(33)22-26)29-16-14-28(15-17-29)27-11-8-25(6-4-2)9-12-27/h3,20-21,25-29,31-33H,1,4-19,22-24H2,2H3. The number of halogens is 2. The molecule has 4 aliphatic rings. The van der Waals surface area contributed by atoms with Gasteiger partial charge in [0.05, 0.1) is 6.61 Å². The van der Waals surface area contributed by atoms with Gasteiger partial charge in [-0.15, -0.1) is 6.58 Å². The first kappa shape index (κ1) is 29.1. The van der Waals surface area contributed by atoms with Crippen molar-refractivity contribution in [2.24, 2.45) is 47.3 Å². The molecule has 0 radical (unpaired) electrons. The summed E-state index contributed by atoms with van der Waals surface area (Å²) in [5, 5.41) is 0. The number of hydrogen-bond donors (Lipinski definition) is 0. The van der Waals surface area contributed by atoms with E-state index in [0.717, 1.165) is 41.4 Å². The predicted octanol–water partition coefficient (Wildman–Crippen LogP) is 10.7. The van der Waals surface area contributed by atoms with Crippen LogP contribution in [0.25, 0.3) is 0 Å². The monoisotopic (exact) mass is 540 g/mol. The molecule has 4 atom stereocenters. The second kappa shape index (κ2) is 14.0. The fraction of sp³-hybridized carbons (Fsp3) is 0.778. The zero-order chi connectivity index (χ0) is 27.2. The first-order chi connectivity index (χ1) is 19.1. The highest BCUT2D eigenvalue weighted by molar-refractivity contribution is 5.31. The van der Waals surface area contributed by atoms with Crippen LogP contribution in [-0.4, -0.2) is 6.61 Å². The Morgan fingerprint density at radius 1 is 0.718 bits per heavy atom. The van der Waals surface area contributed by atoms with Crippen molar-refractivity contribution >= 4 is 0 Å². The highest BCUT2D eigenvalue weighted by Crippen LogP contribution is 2.50. The van der Waals surface area contributed by atoms with Crippen LogP contribution in [0.1, 0.15) is 122 Å². The highest BCUT2D eigenvalue weighted by atomic mass is 19.2. The van der Waals surface area contributed by atoms with Crippen molar-refractivity contribution in [3.63, 3.8) is 0 Å². The van der Waals surface area contributed by atoms with Gasteiger partial charge in [-0.3, -0.25) is 0 Å². The fourth-order valence-corrected chi connectivity index (χ4v) is 9.39. The predicted molar refractivity (Wildman–Crippen MR) is 158 cm³/mol. The van der Waals surface area contributed by atoms with Crippen LogP contribution < -0.4 is 4.74 Å². The minimum Gasteiger partial charge on any atom is -0.490 e. The summed E-state index contributed by atoms with van der Waals surface area (Å²) in [4.78, 5) is 0. The van der Waals surface area contributed by atoms with Gasteiger partial charge in [-0.2, -0.15) is 4.39 Å². The van der Waals surface area contributed by atoms with Gasteiger partial charge in [0.2, 0.25) is 5.82 Å². The average Bonchev–Trinajstić information content (AvgIpc) is 2.98. The van der Waals surface area contributed by atoms with Crippen LogP contribution in [0, 0.1) is 59.0 Å². The summed E-state index contributed by atoms with van der Waals surface area (Å²) in [6, 6.07) is 3.28. The van der Waals surface area contributed by atoms with Crippen molar-refractivity contribution in [1.82, 2.24) is 0 Å². The molecule has 4 unspecified atom stereocenters. The lowest BCUT2D eigenvalue weighted by Gasteiger charge is -2.46. The molecule has 0 amide bonds. The quantitative estimate of drug-likeness (QED) is 0.268. The molecule has 0 aromatic heterocycles. The van der Waals surface area contributed by atoms with Gasteiger partial charge >= 0.3 is 0 Å². The lowest BCUT2D eigenvalue weighted by Crippen LogP contribution is -2.36. The van der Waals surface area contributed by atoms with Gasteiger partial charge in [0.15, 0.2) is 11.6 Å². The number of aryl methyl sites for hydroxylation is 1. The Bertz CT molecular complexity index is 911. The Morgan fingerprint density at radius 2 is 1.26 bits per heavy atom. The van der Waals surface area contributed by atoms with Gasteiger partial charge in [-0.05, 0) is 149 Å². The van der Waals surface area contributed by atoms with Crippen molar-refractivity contribution < 1.29 is 13.5 Å². The van der Waals surface area contributed by atoms with Gasteiger partial charge < -0.3 is 4.74 Å². The van der Waals surface area contributed by atoms with E-state index in [1.165, 1.54) is 103 Å². The largest absolute Gasteiger partial charge is 0.490 e. The van der Waals surface area contributed by atoms with Crippen LogP contribution in [0.3, 0.4) is 0 Å². The zero-order valence-corrected chi connectivity index (χ0v) is 24.7. The first-order valence-corrected chi connectivity index (χ1v) is 16.8. The van der Waals surface area contributed by atoms with Crippen molar-refractivity contribution in [2.75, 3.05) is 6.61 Å². The minimum absolute atomic E-state index is 0.0743. The summed E-state index contributed by atoms with van der Waals surface area (Å²) in [5.41, 5.74) is 0.403. The topological polar surface area (TPSA) is 9.23 Å². The smallest absolute Gasteiger partial charge is 0.200 e. The SMILES string of the molecule is C=CCCc1ccc(OCC2CCC3CC(C4CCC(C5CCC(CCC)CC5)CC4)CCC3C2)c(F)c1F. The normalized spacial score (nSPS) is 35.3. The molecule has 0 saturated heterocycles. The Balaban J connectivity index is 1.03. The molecule has 0 aliphatic heterocycles. The highest BCUT2D eigenvalue weighted by Gasteiger charge is 2.40. The van der Waals surface area contributed by atoms with Gasteiger partial charge in [-0.25, -0.2) is 4.39 Å². The van der Waals surface area contributed by atoms with Crippen molar-refractivity contribution in [3.05, 3.63) is 42.0 Å². The molecular formula is C36H54F2O. The third-order valence-electron chi connectivity index (χ3n) is 11.7. The van der Waals surface area contributed by atoms with Gasteiger partial charge in [0.1, 0.15) is 0 Å². The molecule has 0 N–H and O–H groups in total. The van der Waals surface area contributed by atoms with Crippen LogP contribution in [0.15, 0.2) is 24.8 Å². The van der Waals surface area contributed by atoms with E-state index in [1.54, 1.807) is 18.2 Å². The van der Waals surface area contributed by atoms with E-state index in [9.17, 15) is 8.78 Å². The third kappa shape index (κ3) is 7.28. The second-order valence-electron chi connectivity index (χ2n) is 14.0. The molecule has 0 spiro atoms. The summed E-state index contributed by atoms with van der Waals surface area (Å²) in [5.74, 6) is 5.66. The molecule has 3 heteroatoms. The maximum atomic E-state index is 14.6. The van der Waals surface area contributed by atoms with Crippen LogP contribution in [-0.2, 0) is 6.42 Å². The molecule has 1 nitrogen and oxygen atoms in total. The van der Waals surface area contributed by atoms with Gasteiger partial charge in [-0.1, -0.05) is 44.7 Å². The molecule has 1 aromatic carbocycles. The molecule has 39 heavy (non-hydrogen) atoms. The number of fused-ring (bicyclic) bond motifs is 1. The molecule has 4 fully saturated rings. The summed E-state index contributed by atoms with van der Waals surface area (Å²) in [6.45, 7) is 6.53. The summed E-state index contributed by atoms with van der Waals surface area (Å²) in [7, 11) is 0. The molecule has 4 saturated carbocycles. The minimum atomic E-state index is -0.829. The van der Waals surface area contributed by atoms with E-state index >= 15 is 0 Å². The lowest BCUT2D eigenvalue weighted by atomic mass is 9.60. The van der Waals surface area contributed by atoms with Gasteiger partial charge in [0, 0.05) is 0 Å². The summed E-state index contributed by atoms with van der Waals surface area (Å²) >= 11 is 0. The zero-order valence-electron chi connectivity index (χ0n) is 24.7. The van der Waals surface area contributed by atoms with Crippen molar-refractivity contribution in [2.45, 2.75) is 122 Å². The molecule has 5 rings (SSSR count). The van der Waals surface area contributed by atoms with E-state index in [2.05, 4.69) is 13.5 Å². The molecule has 218 valence electrons. The van der Waals surface area contributed by atoms with Crippen LogP contribution in [0.2, 0.25) is 0 Å². The van der Waals surface area contributed by atoms with Gasteiger partial charge in [0.25, 0.3) is 0 Å². The lowest BCUT2D eigenvalue weighted by molar-refractivity contribution is 0.0419. The maximum absolute atomic E-state index is 14.6. The summed E-state index contributed by atoms with van der Waals surface area (Å²) in [6.07, 6.45) is 25.6. The van der Waals surface area contributed by atoms with E-state index in [4.69, 9.17) is 4.74 Å². The third-order valence-corrected chi connectivity index (χ3v) is 11.7. The molecule has 0 bridgehead atoms. The van der Waals surface area contributed by atoms with E-state index in [-0.39, 0.29) is 5.75 Å². The van der Waals surface area contributed by atoms with E-state index < -0.39 is 11.6 Å². The molecule has 1 aromatic rings. The Morgan fingerprint density at radius 3 is 1.92 bits per heavy atom. The van der Waals surface area contributed by atoms with Crippen LogP contribution >= 0.6 is 0 Å². The fourth-order valence-electron chi connectivity index (χ4n) is 9.39. The first-order valence-electron chi connectivity index (χ1n) is 16.8. The number of allylic oxidation sites excluding steroid dienone is 1. The number of benzene rings is 1. The Labute approximate surface area is 237 Å². The summed E-state index contributed by atoms with van der Waals surface area (Å²) < 4.78 is 34.9. The number of rotatable bonds is 10. The van der Waals surface area contributed by atoms with E-state index in [0.29, 0.717) is 30.9 Å². The Kier molecular flexibility index (Phi) is 10.5. The Hall–Kier alpha value is -1.38.